The van der Waals surface area contributed by atoms with Crippen molar-refractivity contribution in [3.63, 3.8) is 0 Å². The fraction of sp³-hybridized carbons (Fsp3) is 0.227. The van der Waals surface area contributed by atoms with Crippen LogP contribution >= 0.6 is 11.8 Å². The van der Waals surface area contributed by atoms with E-state index in [1.165, 1.54) is 36.0 Å². The summed E-state index contributed by atoms with van der Waals surface area (Å²) in [4.78, 5) is 48.8. The first-order valence-electron chi connectivity index (χ1n) is 10.1. The molecule has 4 rings (SSSR count). The lowest BCUT2D eigenvalue weighted by Crippen LogP contribution is -2.70. The molecule has 176 valence electrons. The first-order chi connectivity index (χ1) is 16.3. The molecule has 11 nitrogen and oxygen atoms in total. The van der Waals surface area contributed by atoms with E-state index in [0.29, 0.717) is 11.3 Å². The number of benzene rings is 2. The zero-order chi connectivity index (χ0) is 24.2. The van der Waals surface area contributed by atoms with Gasteiger partial charge in [0.2, 0.25) is 0 Å². The summed E-state index contributed by atoms with van der Waals surface area (Å²) in [6, 6.07) is 13.3. The van der Waals surface area contributed by atoms with Crippen LogP contribution in [0.2, 0.25) is 0 Å². The Balaban J connectivity index is 1.34. The molecular formula is C22H19N3O8S. The second-order valence-corrected chi connectivity index (χ2v) is 8.46. The largest absolute Gasteiger partial charge is 0.509 e. The van der Waals surface area contributed by atoms with Gasteiger partial charge in [-0.15, -0.1) is 11.8 Å². The number of rotatable bonds is 8. The summed E-state index contributed by atoms with van der Waals surface area (Å²) in [5.41, 5.74) is 0.122. The van der Waals surface area contributed by atoms with Crippen LogP contribution in [0.15, 0.2) is 66.1 Å². The van der Waals surface area contributed by atoms with Gasteiger partial charge in [0.1, 0.15) is 29.5 Å². The van der Waals surface area contributed by atoms with Crippen molar-refractivity contribution in [1.82, 2.24) is 10.2 Å². The quantitative estimate of drug-likeness (QED) is 0.247. The number of hydrogen-bond donors (Lipinski definition) is 2. The summed E-state index contributed by atoms with van der Waals surface area (Å²) >= 11 is 1.20. The van der Waals surface area contributed by atoms with Crippen molar-refractivity contribution >= 4 is 35.2 Å². The highest BCUT2D eigenvalue weighted by molar-refractivity contribution is 8.00. The highest BCUT2D eigenvalue weighted by atomic mass is 32.2. The number of thioether (sulfide) groups is 1. The minimum atomic E-state index is -0.910. The number of amides is 2. The van der Waals surface area contributed by atoms with Gasteiger partial charge in [0.05, 0.1) is 10.7 Å². The summed E-state index contributed by atoms with van der Waals surface area (Å²) in [5.74, 6) is -1.70. The Morgan fingerprint density at radius 2 is 1.88 bits per heavy atom. The Kier molecular flexibility index (Phi) is 6.68. The zero-order valence-corrected chi connectivity index (χ0v) is 18.4. The number of para-hydroxylation sites is 1. The number of carbonyl (C=O) groups is 3. The van der Waals surface area contributed by atoms with Crippen LogP contribution in [0.25, 0.3) is 0 Å². The van der Waals surface area contributed by atoms with Crippen LogP contribution in [-0.4, -0.2) is 56.5 Å². The fourth-order valence-electron chi connectivity index (χ4n) is 3.41. The molecule has 1 unspecified atom stereocenters. The van der Waals surface area contributed by atoms with Gasteiger partial charge in [-0.3, -0.25) is 24.6 Å². The number of β-lactam (4-membered cyclic amide) rings is 1. The standard InChI is InChI=1S/C22H19N3O8S/c26-16-12-34-21-18(23-17(27)11-32-15-4-2-1-3-5-15)20(28)24(21)19(16)22(29)33-10-13-6-8-14(9-7-13)25(30)31/h1-9,18,21,26H,10-12H2,(H,23,27)/t18?,21-/m0/s1. The van der Waals surface area contributed by atoms with Gasteiger partial charge < -0.3 is 19.9 Å². The normalized spacial score (nSPS) is 19.1. The van der Waals surface area contributed by atoms with Gasteiger partial charge in [-0.25, -0.2) is 4.79 Å². The molecule has 0 bridgehead atoms. The summed E-state index contributed by atoms with van der Waals surface area (Å²) in [6.45, 7) is -0.485. The van der Waals surface area contributed by atoms with E-state index < -0.39 is 34.1 Å². The second-order valence-electron chi connectivity index (χ2n) is 7.35. The predicted octanol–water partition coefficient (Wildman–Crippen LogP) is 1.89. The number of nitro benzene ring substituents is 1. The van der Waals surface area contributed by atoms with Gasteiger partial charge in [0.25, 0.3) is 17.5 Å². The third-order valence-corrected chi connectivity index (χ3v) is 6.35. The van der Waals surface area contributed by atoms with E-state index in [2.05, 4.69) is 5.32 Å². The number of esters is 1. The minimum Gasteiger partial charge on any atom is -0.509 e. The number of carbonyl (C=O) groups excluding carboxylic acids is 3. The lowest BCUT2D eigenvalue weighted by atomic mass is 10.0. The number of nitro groups is 1. The molecule has 0 spiro atoms. The van der Waals surface area contributed by atoms with Crippen LogP contribution in [-0.2, 0) is 25.7 Å². The number of aliphatic hydroxyl groups is 1. The smallest absolute Gasteiger partial charge is 0.358 e. The molecule has 0 radical (unpaired) electrons. The Morgan fingerprint density at radius 3 is 2.56 bits per heavy atom. The number of nitrogens with zero attached hydrogens (tertiary/aromatic N) is 2. The molecule has 2 atom stereocenters. The number of hydrogen-bond acceptors (Lipinski definition) is 9. The van der Waals surface area contributed by atoms with Gasteiger partial charge in [-0.2, -0.15) is 0 Å². The van der Waals surface area contributed by atoms with Crippen LogP contribution in [0.3, 0.4) is 0 Å². The molecular weight excluding hydrogens is 466 g/mol. The lowest BCUT2D eigenvalue weighted by molar-refractivity contribution is -0.384. The number of ether oxygens (including phenoxy) is 2. The van der Waals surface area contributed by atoms with Gasteiger partial charge in [-0.05, 0) is 29.8 Å². The number of aliphatic hydroxyl groups excluding tert-OH is 1. The molecule has 0 aromatic heterocycles. The molecule has 12 heteroatoms. The van der Waals surface area contributed by atoms with Gasteiger partial charge in [0, 0.05) is 12.1 Å². The summed E-state index contributed by atoms with van der Waals surface area (Å²) in [5, 5.41) is 23.0. The molecule has 34 heavy (non-hydrogen) atoms. The van der Waals surface area contributed by atoms with E-state index in [0.717, 1.165) is 4.90 Å². The van der Waals surface area contributed by atoms with E-state index in [-0.39, 0.29) is 36.1 Å². The van der Waals surface area contributed by atoms with Crippen molar-refractivity contribution in [2.75, 3.05) is 12.4 Å². The van der Waals surface area contributed by atoms with Gasteiger partial charge in [-0.1, -0.05) is 18.2 Å². The summed E-state index contributed by atoms with van der Waals surface area (Å²) in [6.07, 6.45) is 0. The maximum absolute atomic E-state index is 12.7. The Labute approximate surface area is 197 Å². The van der Waals surface area contributed by atoms with Crippen molar-refractivity contribution in [1.29, 1.82) is 0 Å². The monoisotopic (exact) mass is 485 g/mol. The van der Waals surface area contributed by atoms with Gasteiger partial charge in [0.15, 0.2) is 12.3 Å². The fourth-order valence-corrected chi connectivity index (χ4v) is 4.61. The van der Waals surface area contributed by atoms with E-state index in [1.807, 2.05) is 6.07 Å². The molecule has 2 aromatic rings. The molecule has 2 aliphatic heterocycles. The van der Waals surface area contributed by atoms with E-state index in [9.17, 15) is 29.6 Å². The Morgan fingerprint density at radius 1 is 1.18 bits per heavy atom. The van der Waals surface area contributed by atoms with E-state index >= 15 is 0 Å². The molecule has 1 fully saturated rings. The van der Waals surface area contributed by atoms with Crippen molar-refractivity contribution in [2.24, 2.45) is 0 Å². The first kappa shape index (κ1) is 23.1. The molecule has 2 aliphatic rings. The molecule has 2 aromatic carbocycles. The SMILES string of the molecule is O=C(COc1ccccc1)NC1C(=O)N2C(C(=O)OCc3ccc([N+](=O)[O-])cc3)=C(O)CS[C@@H]12. The number of nitrogens with one attached hydrogen (secondary N) is 1. The predicted molar refractivity (Wildman–Crippen MR) is 120 cm³/mol. The van der Waals surface area contributed by atoms with E-state index in [1.54, 1.807) is 24.3 Å². The van der Waals surface area contributed by atoms with Crippen molar-refractivity contribution in [3.05, 3.63) is 81.7 Å². The van der Waals surface area contributed by atoms with Crippen molar-refractivity contribution < 1.29 is 33.9 Å². The van der Waals surface area contributed by atoms with E-state index in [4.69, 9.17) is 9.47 Å². The van der Waals surface area contributed by atoms with Gasteiger partial charge >= 0.3 is 5.97 Å². The van der Waals surface area contributed by atoms with Crippen LogP contribution in [0.5, 0.6) is 5.75 Å². The topological polar surface area (TPSA) is 148 Å². The Bertz CT molecular complexity index is 1150. The average molecular weight is 485 g/mol. The van der Waals surface area contributed by atoms with Crippen molar-refractivity contribution in [2.45, 2.75) is 18.0 Å². The average Bonchev–Trinajstić information content (AvgIpc) is 2.85. The summed E-state index contributed by atoms with van der Waals surface area (Å²) in [7, 11) is 0. The van der Waals surface area contributed by atoms with Crippen LogP contribution < -0.4 is 10.1 Å². The highest BCUT2D eigenvalue weighted by Crippen LogP contribution is 2.40. The Hall–Kier alpha value is -4.06. The van der Waals surface area contributed by atoms with Crippen LogP contribution in [0.1, 0.15) is 5.56 Å². The number of non-ortho nitro benzene ring substituents is 1. The minimum absolute atomic E-state index is 0.0588. The summed E-state index contributed by atoms with van der Waals surface area (Å²) < 4.78 is 10.6. The van der Waals surface area contributed by atoms with Crippen LogP contribution in [0.4, 0.5) is 5.69 Å². The highest BCUT2D eigenvalue weighted by Gasteiger charge is 2.54. The third-order valence-electron chi connectivity index (χ3n) is 5.09. The molecule has 1 saturated heterocycles. The molecule has 2 amide bonds. The molecule has 0 aliphatic carbocycles. The maximum atomic E-state index is 12.7. The second kappa shape index (κ2) is 9.83. The third kappa shape index (κ3) is 4.81. The molecule has 2 heterocycles. The maximum Gasteiger partial charge on any atom is 0.358 e. The zero-order valence-electron chi connectivity index (χ0n) is 17.6. The first-order valence-corrected chi connectivity index (χ1v) is 11.1. The number of fused-ring (bicyclic) bond motifs is 1. The molecule has 0 saturated carbocycles. The van der Waals surface area contributed by atoms with Crippen molar-refractivity contribution in [3.8, 4) is 5.75 Å². The molecule has 2 N–H and O–H groups in total. The van der Waals surface area contributed by atoms with Crippen LogP contribution in [0, 0.1) is 10.1 Å². The lowest BCUT2D eigenvalue weighted by Gasteiger charge is -2.48.